The first-order chi connectivity index (χ1) is 11.0. The second-order valence-electron chi connectivity index (χ2n) is 5.77. The number of nitrogens with two attached hydrogens (primary N) is 1. The van der Waals surface area contributed by atoms with E-state index < -0.39 is 12.0 Å². The monoisotopic (exact) mass is 364 g/mol. The van der Waals surface area contributed by atoms with Gasteiger partial charge >= 0.3 is 6.61 Å². The van der Waals surface area contributed by atoms with Crippen LogP contribution >= 0.6 is 12.4 Å². The van der Waals surface area contributed by atoms with Crippen molar-refractivity contribution in [3.63, 3.8) is 0 Å². The first kappa shape index (κ1) is 20.6. The van der Waals surface area contributed by atoms with Crippen molar-refractivity contribution in [1.82, 2.24) is 5.32 Å². The average Bonchev–Trinajstić information content (AvgIpc) is 2.55. The third-order valence-corrected chi connectivity index (χ3v) is 4.19. The Labute approximate surface area is 146 Å². The summed E-state index contributed by atoms with van der Waals surface area (Å²) in [5.74, 6) is -0.104. The van der Waals surface area contributed by atoms with Crippen molar-refractivity contribution in [1.29, 1.82) is 0 Å². The number of hydrogen-bond acceptors (Lipinski definition) is 4. The molecule has 0 bridgehead atoms. The minimum Gasteiger partial charge on any atom is -0.434 e. The zero-order chi connectivity index (χ0) is 16.9. The van der Waals surface area contributed by atoms with Crippen LogP contribution in [0.2, 0.25) is 0 Å². The topological polar surface area (TPSA) is 73.6 Å². The zero-order valence-electron chi connectivity index (χ0n) is 13.5. The van der Waals surface area contributed by atoms with E-state index in [0.717, 1.165) is 5.56 Å². The summed E-state index contributed by atoms with van der Waals surface area (Å²) in [5, 5.41) is 2.80. The van der Waals surface area contributed by atoms with Crippen LogP contribution in [-0.4, -0.2) is 32.3 Å². The third kappa shape index (κ3) is 5.03. The van der Waals surface area contributed by atoms with Gasteiger partial charge in [-0.2, -0.15) is 8.78 Å². The van der Waals surface area contributed by atoms with E-state index in [4.69, 9.17) is 10.5 Å². The zero-order valence-corrected chi connectivity index (χ0v) is 14.3. The molecule has 0 spiro atoms. The molecule has 5 nitrogen and oxygen atoms in total. The van der Waals surface area contributed by atoms with Crippen molar-refractivity contribution >= 4 is 18.3 Å². The van der Waals surface area contributed by atoms with Crippen LogP contribution in [0.4, 0.5) is 8.78 Å². The van der Waals surface area contributed by atoms with E-state index in [2.05, 4.69) is 10.1 Å². The molecule has 136 valence electrons. The Morgan fingerprint density at radius 3 is 2.67 bits per heavy atom. The van der Waals surface area contributed by atoms with Gasteiger partial charge in [0.1, 0.15) is 5.75 Å². The van der Waals surface area contributed by atoms with Crippen LogP contribution < -0.4 is 15.8 Å². The molecule has 24 heavy (non-hydrogen) atoms. The van der Waals surface area contributed by atoms with Gasteiger partial charge in [0.05, 0.1) is 5.41 Å². The molecule has 3 N–H and O–H groups in total. The number of hydrogen-bond donors (Lipinski definition) is 2. The predicted octanol–water partition coefficient (Wildman–Crippen LogP) is 2.39. The number of ether oxygens (including phenoxy) is 2. The lowest BCUT2D eigenvalue weighted by atomic mass is 9.79. The van der Waals surface area contributed by atoms with E-state index in [1.54, 1.807) is 12.1 Å². The standard InChI is InChI=1S/C16H22F2N2O3.ClH/c1-11-2-3-13(23-15(17)18)12(8-11)9-20-14(21)16(10-19)4-6-22-7-5-16;/h2-3,8,15H,4-7,9-10,19H2,1H3,(H,20,21);1H. The molecular formula is C16H23ClF2N2O3. The fraction of sp³-hybridized carbons (Fsp3) is 0.562. The van der Waals surface area contributed by atoms with Gasteiger partial charge in [0.25, 0.3) is 0 Å². The molecule has 0 radical (unpaired) electrons. The van der Waals surface area contributed by atoms with Crippen LogP contribution in [-0.2, 0) is 16.1 Å². The third-order valence-electron chi connectivity index (χ3n) is 4.19. The van der Waals surface area contributed by atoms with Crippen LogP contribution in [0.15, 0.2) is 18.2 Å². The van der Waals surface area contributed by atoms with Gasteiger partial charge in [-0.05, 0) is 25.8 Å². The Balaban J connectivity index is 0.00000288. The molecule has 0 aromatic heterocycles. The lowest BCUT2D eigenvalue weighted by Crippen LogP contribution is -2.49. The average molecular weight is 365 g/mol. The highest BCUT2D eigenvalue weighted by molar-refractivity contribution is 5.85. The van der Waals surface area contributed by atoms with E-state index >= 15 is 0 Å². The van der Waals surface area contributed by atoms with Crippen molar-refractivity contribution in [3.8, 4) is 5.75 Å². The molecule has 1 saturated heterocycles. The van der Waals surface area contributed by atoms with E-state index in [1.807, 2.05) is 6.92 Å². The highest BCUT2D eigenvalue weighted by Crippen LogP contribution is 2.30. The maximum Gasteiger partial charge on any atom is 0.387 e. The summed E-state index contributed by atoms with van der Waals surface area (Å²) in [4.78, 5) is 12.5. The number of aryl methyl sites for hydroxylation is 1. The number of amides is 1. The van der Waals surface area contributed by atoms with Crippen molar-refractivity contribution < 1.29 is 23.0 Å². The fourth-order valence-corrected chi connectivity index (χ4v) is 2.71. The van der Waals surface area contributed by atoms with Crippen molar-refractivity contribution in [2.45, 2.75) is 32.9 Å². The summed E-state index contributed by atoms with van der Waals surface area (Å²) >= 11 is 0. The number of rotatable bonds is 6. The Morgan fingerprint density at radius 1 is 1.42 bits per heavy atom. The summed E-state index contributed by atoms with van der Waals surface area (Å²) in [6.07, 6.45) is 1.12. The maximum atomic E-state index is 12.5. The molecule has 0 atom stereocenters. The Bertz CT molecular complexity index is 552. The summed E-state index contributed by atoms with van der Waals surface area (Å²) in [6, 6.07) is 4.89. The SMILES string of the molecule is Cc1ccc(OC(F)F)c(CNC(=O)C2(CN)CCOCC2)c1.Cl. The van der Waals surface area contributed by atoms with E-state index in [1.165, 1.54) is 6.07 Å². The molecule has 1 aromatic rings. The maximum absolute atomic E-state index is 12.5. The van der Waals surface area contributed by atoms with Gasteiger partial charge in [-0.25, -0.2) is 0 Å². The number of carbonyl (C=O) groups is 1. The van der Waals surface area contributed by atoms with Gasteiger partial charge in [0.15, 0.2) is 0 Å². The van der Waals surface area contributed by atoms with Gasteiger partial charge in [-0.1, -0.05) is 17.7 Å². The highest BCUT2D eigenvalue weighted by Gasteiger charge is 2.38. The summed E-state index contributed by atoms with van der Waals surface area (Å²) in [7, 11) is 0. The normalized spacial score (nSPS) is 16.4. The summed E-state index contributed by atoms with van der Waals surface area (Å²) < 4.78 is 34.7. The second-order valence-corrected chi connectivity index (χ2v) is 5.77. The lowest BCUT2D eigenvalue weighted by Gasteiger charge is -2.34. The summed E-state index contributed by atoms with van der Waals surface area (Å²) in [5.41, 5.74) is 6.55. The molecule has 1 aliphatic heterocycles. The van der Waals surface area contributed by atoms with Crippen LogP contribution in [0, 0.1) is 12.3 Å². The number of benzene rings is 1. The summed E-state index contributed by atoms with van der Waals surface area (Å²) in [6.45, 7) is 0.278. The van der Waals surface area contributed by atoms with Gasteiger partial charge in [-0.15, -0.1) is 12.4 Å². The van der Waals surface area contributed by atoms with Gasteiger partial charge in [0, 0.05) is 31.9 Å². The molecule has 1 aromatic carbocycles. The Hall–Kier alpha value is -1.44. The largest absolute Gasteiger partial charge is 0.434 e. The molecule has 1 amide bonds. The highest BCUT2D eigenvalue weighted by atomic mass is 35.5. The fourth-order valence-electron chi connectivity index (χ4n) is 2.71. The van der Waals surface area contributed by atoms with Gasteiger partial charge < -0.3 is 20.5 Å². The van der Waals surface area contributed by atoms with Crippen LogP contribution in [0.5, 0.6) is 5.75 Å². The van der Waals surface area contributed by atoms with Crippen LogP contribution in [0.1, 0.15) is 24.0 Å². The number of carbonyl (C=O) groups excluding carboxylic acids is 1. The van der Waals surface area contributed by atoms with Crippen molar-refractivity contribution in [2.24, 2.45) is 11.1 Å². The van der Waals surface area contributed by atoms with Gasteiger partial charge in [-0.3, -0.25) is 4.79 Å². The van der Waals surface area contributed by atoms with E-state index in [9.17, 15) is 13.6 Å². The Kier molecular flexibility index (Phi) is 7.86. The first-order valence-corrected chi connectivity index (χ1v) is 7.57. The van der Waals surface area contributed by atoms with Crippen LogP contribution in [0.3, 0.4) is 0 Å². The first-order valence-electron chi connectivity index (χ1n) is 7.57. The lowest BCUT2D eigenvalue weighted by molar-refractivity contribution is -0.136. The molecular weight excluding hydrogens is 342 g/mol. The molecule has 2 rings (SSSR count). The molecule has 0 unspecified atom stereocenters. The predicted molar refractivity (Wildman–Crippen MR) is 88.4 cm³/mol. The number of alkyl halides is 2. The van der Waals surface area contributed by atoms with E-state index in [-0.39, 0.29) is 37.2 Å². The molecule has 8 heteroatoms. The molecule has 1 heterocycles. The van der Waals surface area contributed by atoms with Gasteiger partial charge in [0.2, 0.25) is 5.91 Å². The minimum absolute atomic E-state index is 0. The van der Waals surface area contributed by atoms with Crippen molar-refractivity contribution in [3.05, 3.63) is 29.3 Å². The number of nitrogens with one attached hydrogen (secondary N) is 1. The van der Waals surface area contributed by atoms with Crippen molar-refractivity contribution in [2.75, 3.05) is 19.8 Å². The van der Waals surface area contributed by atoms with Crippen LogP contribution in [0.25, 0.3) is 0 Å². The molecule has 1 aliphatic rings. The molecule has 1 fully saturated rings. The quantitative estimate of drug-likeness (QED) is 0.813. The minimum atomic E-state index is -2.90. The molecule has 0 aliphatic carbocycles. The Morgan fingerprint density at radius 2 is 2.08 bits per heavy atom. The number of halogens is 3. The second kappa shape index (κ2) is 9.15. The van der Waals surface area contributed by atoms with E-state index in [0.29, 0.717) is 31.6 Å². The smallest absolute Gasteiger partial charge is 0.387 e. The molecule has 0 saturated carbocycles.